The highest BCUT2D eigenvalue weighted by Gasteiger charge is 2.21. The zero-order valence-corrected chi connectivity index (χ0v) is 21.0. The third-order valence-electron chi connectivity index (χ3n) is 6.34. The molecule has 0 bridgehead atoms. The van der Waals surface area contributed by atoms with Gasteiger partial charge >= 0.3 is 0 Å². The van der Waals surface area contributed by atoms with Crippen molar-refractivity contribution in [2.45, 2.75) is 59.2 Å². The molecule has 0 aliphatic heterocycles. The summed E-state index contributed by atoms with van der Waals surface area (Å²) in [5, 5.41) is 0. The van der Waals surface area contributed by atoms with Crippen LogP contribution in [0.25, 0.3) is 22.6 Å². The summed E-state index contributed by atoms with van der Waals surface area (Å²) < 4.78 is 2.46. The molecule has 35 heavy (non-hydrogen) atoms. The van der Waals surface area contributed by atoms with E-state index in [1.165, 1.54) is 16.8 Å². The highest BCUT2D eigenvalue weighted by molar-refractivity contribution is 5.68. The molecule has 0 aliphatic rings. The van der Waals surface area contributed by atoms with Crippen molar-refractivity contribution in [1.82, 2.24) is 19.4 Å². The maximum absolute atomic E-state index is 5.83. The van der Waals surface area contributed by atoms with Gasteiger partial charge in [-0.05, 0) is 31.0 Å². The molecule has 2 aromatic carbocycles. The average molecular weight is 468 g/mol. The van der Waals surface area contributed by atoms with Crippen molar-refractivity contribution in [1.29, 1.82) is 0 Å². The predicted molar refractivity (Wildman–Crippen MR) is 146 cm³/mol. The molecule has 5 heteroatoms. The quantitative estimate of drug-likeness (QED) is 0.249. The number of unbranched alkanes of at least 4 members (excludes halogenated alkanes) is 2. The molecule has 0 radical (unpaired) electrons. The number of nitrogens with zero attached hydrogens (tertiary/aromatic N) is 4. The van der Waals surface area contributed by atoms with E-state index in [9.17, 15) is 0 Å². The van der Waals surface area contributed by atoms with Gasteiger partial charge in [-0.3, -0.25) is 4.90 Å². The number of hydrogen-bond donors (Lipinski definition) is 1. The van der Waals surface area contributed by atoms with Gasteiger partial charge < -0.3 is 10.3 Å². The molecular weight excluding hydrogens is 430 g/mol. The van der Waals surface area contributed by atoms with Gasteiger partial charge in [-0.1, -0.05) is 93.4 Å². The van der Waals surface area contributed by atoms with Crippen LogP contribution in [0.15, 0.2) is 79.0 Å². The van der Waals surface area contributed by atoms with Crippen LogP contribution in [0.1, 0.15) is 50.8 Å². The van der Waals surface area contributed by atoms with Crippen molar-refractivity contribution >= 4 is 5.82 Å². The number of nitrogen functional groups attached to an aromatic ring is 1. The lowest BCUT2D eigenvalue weighted by Crippen LogP contribution is -2.26. The Morgan fingerprint density at radius 3 is 2.11 bits per heavy atom. The van der Waals surface area contributed by atoms with E-state index < -0.39 is 0 Å². The summed E-state index contributed by atoms with van der Waals surface area (Å²) in [4.78, 5) is 12.1. The molecule has 0 saturated carbocycles. The first-order valence-electron chi connectivity index (χ1n) is 12.8. The lowest BCUT2D eigenvalue weighted by Gasteiger charge is -2.24. The number of anilines is 1. The van der Waals surface area contributed by atoms with Crippen LogP contribution in [0.5, 0.6) is 0 Å². The van der Waals surface area contributed by atoms with Gasteiger partial charge in [0, 0.05) is 37.0 Å². The minimum Gasteiger partial charge on any atom is -0.384 e. The third-order valence-corrected chi connectivity index (χ3v) is 6.34. The molecule has 0 atom stereocenters. The Balaban J connectivity index is 1.78. The third kappa shape index (κ3) is 6.37. The molecule has 2 N–H and O–H groups in total. The van der Waals surface area contributed by atoms with Gasteiger partial charge in [0.05, 0.1) is 11.4 Å². The summed E-state index contributed by atoms with van der Waals surface area (Å²) in [5.74, 6) is 1.61. The van der Waals surface area contributed by atoms with E-state index in [4.69, 9.17) is 10.7 Å². The predicted octanol–water partition coefficient (Wildman–Crippen LogP) is 6.80. The molecule has 0 aliphatic carbocycles. The van der Waals surface area contributed by atoms with Crippen molar-refractivity contribution in [3.05, 3.63) is 90.3 Å². The van der Waals surface area contributed by atoms with Crippen molar-refractivity contribution in [3.8, 4) is 22.6 Å². The lowest BCUT2D eigenvalue weighted by molar-refractivity contribution is 0.246. The number of hydrogen-bond acceptors (Lipinski definition) is 4. The van der Waals surface area contributed by atoms with Crippen LogP contribution in [0.2, 0.25) is 0 Å². The van der Waals surface area contributed by atoms with E-state index in [0.717, 1.165) is 68.9 Å². The molecule has 5 nitrogen and oxygen atoms in total. The Labute approximate surface area is 209 Å². The highest BCUT2D eigenvalue weighted by atomic mass is 15.2. The van der Waals surface area contributed by atoms with Gasteiger partial charge in [0.25, 0.3) is 0 Å². The van der Waals surface area contributed by atoms with Crippen molar-refractivity contribution in [2.75, 3.05) is 12.3 Å². The highest BCUT2D eigenvalue weighted by Crippen LogP contribution is 2.31. The van der Waals surface area contributed by atoms with Gasteiger partial charge in [0.1, 0.15) is 11.6 Å². The van der Waals surface area contributed by atoms with E-state index in [0.29, 0.717) is 5.82 Å². The topological polar surface area (TPSA) is 60.0 Å². The van der Waals surface area contributed by atoms with E-state index >= 15 is 0 Å². The summed E-state index contributed by atoms with van der Waals surface area (Å²) in [5.41, 5.74) is 11.7. The maximum atomic E-state index is 5.83. The fraction of sp³-hybridized carbons (Fsp3) is 0.333. The summed E-state index contributed by atoms with van der Waals surface area (Å²) >= 11 is 0. The second-order valence-corrected chi connectivity index (χ2v) is 9.12. The van der Waals surface area contributed by atoms with Gasteiger partial charge in [-0.15, -0.1) is 0 Å². The Morgan fingerprint density at radius 2 is 1.49 bits per heavy atom. The Hall–Kier alpha value is -3.44. The van der Waals surface area contributed by atoms with Crippen LogP contribution in [0.3, 0.4) is 0 Å². The largest absolute Gasteiger partial charge is 0.384 e. The second-order valence-electron chi connectivity index (χ2n) is 9.12. The van der Waals surface area contributed by atoms with E-state index in [-0.39, 0.29) is 0 Å². The molecule has 0 amide bonds. The van der Waals surface area contributed by atoms with Crippen molar-refractivity contribution in [3.63, 3.8) is 0 Å². The lowest BCUT2D eigenvalue weighted by atomic mass is 10.1. The number of aromatic nitrogens is 3. The molecule has 4 aromatic rings. The number of rotatable bonds is 12. The maximum Gasteiger partial charge on any atom is 0.140 e. The molecule has 2 heterocycles. The minimum atomic E-state index is 0.561. The number of benzene rings is 2. The van der Waals surface area contributed by atoms with Gasteiger partial charge in [0.2, 0.25) is 0 Å². The summed E-state index contributed by atoms with van der Waals surface area (Å²) in [6.45, 7) is 8.14. The van der Waals surface area contributed by atoms with Crippen LogP contribution in [0.4, 0.5) is 5.82 Å². The van der Waals surface area contributed by atoms with Crippen LogP contribution < -0.4 is 5.73 Å². The minimum absolute atomic E-state index is 0.561. The Kier molecular flexibility index (Phi) is 8.68. The number of nitrogens with two attached hydrogens (primary N) is 1. The smallest absolute Gasteiger partial charge is 0.140 e. The second kappa shape index (κ2) is 12.3. The molecule has 0 unspecified atom stereocenters. The Morgan fingerprint density at radius 1 is 0.800 bits per heavy atom. The number of imidazole rings is 1. The van der Waals surface area contributed by atoms with E-state index in [1.54, 1.807) is 0 Å². The fourth-order valence-electron chi connectivity index (χ4n) is 4.43. The molecule has 0 saturated heterocycles. The average Bonchev–Trinajstić information content (AvgIpc) is 3.26. The SMILES string of the molecule is CCCCN(Cc1ccc(N)nc1)Cc1c(-c2ccccc2)nc(-c2ccccc2)n1CCCC. The monoisotopic (exact) mass is 467 g/mol. The standard InChI is InChI=1S/C30H37N5/c1-3-5-19-34(22-24-17-18-28(31)32-21-24)23-27-29(25-13-9-7-10-14-25)33-30(35(27)20-6-4-2)26-15-11-8-12-16-26/h7-18,21H,3-6,19-20,22-23H2,1-2H3,(H2,31,32). The summed E-state index contributed by atoms with van der Waals surface area (Å²) in [6, 6.07) is 25.2. The molecule has 182 valence electrons. The summed E-state index contributed by atoms with van der Waals surface area (Å²) in [7, 11) is 0. The van der Waals surface area contributed by atoms with Crippen LogP contribution in [-0.4, -0.2) is 26.0 Å². The zero-order chi connectivity index (χ0) is 24.5. The molecule has 2 aromatic heterocycles. The van der Waals surface area contributed by atoms with Crippen molar-refractivity contribution in [2.24, 2.45) is 0 Å². The van der Waals surface area contributed by atoms with Crippen LogP contribution in [0, 0.1) is 0 Å². The molecule has 4 rings (SSSR count). The van der Waals surface area contributed by atoms with Crippen LogP contribution >= 0.6 is 0 Å². The first-order valence-corrected chi connectivity index (χ1v) is 12.8. The molecule has 0 fully saturated rings. The van der Waals surface area contributed by atoms with Crippen molar-refractivity contribution < 1.29 is 0 Å². The molecule has 0 spiro atoms. The first kappa shape index (κ1) is 24.7. The van der Waals surface area contributed by atoms with E-state index in [1.807, 2.05) is 12.3 Å². The zero-order valence-electron chi connectivity index (χ0n) is 21.0. The summed E-state index contributed by atoms with van der Waals surface area (Å²) in [6.07, 6.45) is 6.47. The first-order chi connectivity index (χ1) is 17.2. The van der Waals surface area contributed by atoms with Gasteiger partial charge in [-0.2, -0.15) is 0 Å². The van der Waals surface area contributed by atoms with Crippen LogP contribution in [-0.2, 0) is 19.6 Å². The van der Waals surface area contributed by atoms with E-state index in [2.05, 4.69) is 95.0 Å². The molecular formula is C30H37N5. The Bertz CT molecular complexity index is 1170. The van der Waals surface area contributed by atoms with Gasteiger partial charge in [0.15, 0.2) is 0 Å². The fourth-order valence-corrected chi connectivity index (χ4v) is 4.43. The number of pyridine rings is 1. The normalized spacial score (nSPS) is 11.3. The van der Waals surface area contributed by atoms with Gasteiger partial charge in [-0.25, -0.2) is 9.97 Å².